The Balaban J connectivity index is 1.89. The van der Waals surface area contributed by atoms with E-state index in [1.807, 2.05) is 13.3 Å². The summed E-state index contributed by atoms with van der Waals surface area (Å²) in [6, 6.07) is 8.55. The highest BCUT2D eigenvalue weighted by Crippen LogP contribution is 2.45. The third-order valence-corrected chi connectivity index (χ3v) is 4.42. The maximum Gasteiger partial charge on any atom is 0.276 e. The van der Waals surface area contributed by atoms with E-state index >= 15 is 0 Å². The van der Waals surface area contributed by atoms with Crippen molar-refractivity contribution in [2.45, 2.75) is 26.8 Å². The number of hydrogen-bond donors (Lipinski definition) is 1. The van der Waals surface area contributed by atoms with E-state index in [0.717, 1.165) is 17.9 Å². The van der Waals surface area contributed by atoms with Crippen LogP contribution in [-0.2, 0) is 0 Å². The van der Waals surface area contributed by atoms with E-state index < -0.39 is 0 Å². The van der Waals surface area contributed by atoms with Gasteiger partial charge in [-0.05, 0) is 18.6 Å². The minimum atomic E-state index is 0.0128. The molecule has 0 aliphatic carbocycles. The van der Waals surface area contributed by atoms with Crippen molar-refractivity contribution in [2.75, 3.05) is 11.9 Å². The molecular weight excluding hydrogens is 290 g/mol. The Morgan fingerprint density at radius 2 is 2.13 bits per heavy atom. The summed E-state index contributed by atoms with van der Waals surface area (Å²) in [4.78, 5) is 8.69. The lowest BCUT2D eigenvalue weighted by molar-refractivity contribution is 0.262. The molecule has 0 bridgehead atoms. The van der Waals surface area contributed by atoms with Crippen LogP contribution < -0.4 is 5.32 Å². The van der Waals surface area contributed by atoms with Gasteiger partial charge in [-0.2, -0.15) is 4.98 Å². The van der Waals surface area contributed by atoms with Crippen LogP contribution in [0, 0.1) is 12.3 Å². The summed E-state index contributed by atoms with van der Waals surface area (Å²) in [6.45, 7) is 7.21. The number of fused-ring (bicyclic) bond motifs is 1. The second kappa shape index (κ2) is 4.94. The van der Waals surface area contributed by atoms with E-state index in [0.29, 0.717) is 11.7 Å². The lowest BCUT2D eigenvalue weighted by atomic mass is 9.77. The number of nitrogens with zero attached hydrogens (tertiary/aromatic N) is 4. The molecule has 1 atom stereocenters. The van der Waals surface area contributed by atoms with Crippen LogP contribution in [-0.4, -0.2) is 26.2 Å². The third-order valence-electron chi connectivity index (χ3n) is 4.42. The van der Waals surface area contributed by atoms with Crippen LogP contribution in [0.15, 0.2) is 41.3 Å². The first-order chi connectivity index (χ1) is 11.1. The zero-order chi connectivity index (χ0) is 16.0. The molecule has 1 aromatic carbocycles. The molecular formula is C17H19N5O. The average molecular weight is 309 g/mol. The van der Waals surface area contributed by atoms with Gasteiger partial charge in [0.2, 0.25) is 0 Å². The Labute approximate surface area is 134 Å². The molecule has 3 heterocycles. The zero-order valence-electron chi connectivity index (χ0n) is 13.4. The van der Waals surface area contributed by atoms with Crippen molar-refractivity contribution < 1.29 is 4.52 Å². The molecule has 1 aliphatic rings. The largest absolute Gasteiger partial charge is 0.384 e. The minimum Gasteiger partial charge on any atom is -0.384 e. The van der Waals surface area contributed by atoms with Gasteiger partial charge in [-0.1, -0.05) is 37.2 Å². The highest BCUT2D eigenvalue weighted by molar-refractivity contribution is 5.57. The van der Waals surface area contributed by atoms with Crippen molar-refractivity contribution in [2.24, 2.45) is 5.41 Å². The first-order valence-corrected chi connectivity index (χ1v) is 7.71. The number of aryl methyl sites for hydroxylation is 1. The van der Waals surface area contributed by atoms with Gasteiger partial charge < -0.3 is 14.4 Å². The van der Waals surface area contributed by atoms with E-state index in [2.05, 4.69) is 63.1 Å². The standard InChI is InChI=1S/C17H19N5O/c1-11-20-16(23-21-11)14-8-18-10-22(14)15-12-6-4-5-7-13(12)19-9-17(15,2)3/h4-8,10,15,19H,9H2,1-3H3. The molecule has 23 heavy (non-hydrogen) atoms. The fraction of sp³-hybridized carbons (Fsp3) is 0.353. The summed E-state index contributed by atoms with van der Waals surface area (Å²) in [5.74, 6) is 1.13. The SMILES string of the molecule is Cc1noc(-c2cncn2C2c3ccccc3NCC2(C)C)n1. The Hall–Kier alpha value is -2.63. The Morgan fingerprint density at radius 1 is 1.30 bits per heavy atom. The van der Waals surface area contributed by atoms with Crippen LogP contribution in [0.4, 0.5) is 5.69 Å². The third kappa shape index (κ3) is 2.21. The molecule has 2 aromatic heterocycles. The molecule has 6 heteroatoms. The Bertz CT molecular complexity index is 848. The van der Waals surface area contributed by atoms with Gasteiger partial charge in [-0.3, -0.25) is 0 Å². The number of benzene rings is 1. The van der Waals surface area contributed by atoms with Gasteiger partial charge in [-0.15, -0.1) is 0 Å². The zero-order valence-corrected chi connectivity index (χ0v) is 13.4. The van der Waals surface area contributed by atoms with Gasteiger partial charge in [0, 0.05) is 17.6 Å². The molecule has 6 nitrogen and oxygen atoms in total. The summed E-state index contributed by atoms with van der Waals surface area (Å²) < 4.78 is 7.50. The van der Waals surface area contributed by atoms with Crippen LogP contribution in [0.25, 0.3) is 11.6 Å². The number of aromatic nitrogens is 4. The lowest BCUT2D eigenvalue weighted by Crippen LogP contribution is -2.38. The first-order valence-electron chi connectivity index (χ1n) is 7.71. The van der Waals surface area contributed by atoms with Crippen LogP contribution in [0.2, 0.25) is 0 Å². The summed E-state index contributed by atoms with van der Waals surface area (Å²) in [5.41, 5.74) is 3.27. The van der Waals surface area contributed by atoms with Crippen LogP contribution in [0.5, 0.6) is 0 Å². The molecule has 0 saturated heterocycles. The molecule has 3 aromatic rings. The summed E-state index contributed by atoms with van der Waals surface area (Å²) in [7, 11) is 0. The van der Waals surface area contributed by atoms with Crippen LogP contribution in [0.1, 0.15) is 31.3 Å². The molecule has 1 unspecified atom stereocenters. The van der Waals surface area contributed by atoms with Crippen molar-refractivity contribution in [1.29, 1.82) is 0 Å². The van der Waals surface area contributed by atoms with Gasteiger partial charge in [-0.25, -0.2) is 4.98 Å². The number of rotatable bonds is 2. The molecule has 118 valence electrons. The fourth-order valence-corrected chi connectivity index (χ4v) is 3.34. The molecule has 4 rings (SSSR count). The maximum absolute atomic E-state index is 5.36. The number of nitrogens with one attached hydrogen (secondary N) is 1. The van der Waals surface area contributed by atoms with Gasteiger partial charge in [0.1, 0.15) is 5.69 Å². The second-order valence-electron chi connectivity index (χ2n) is 6.66. The lowest BCUT2D eigenvalue weighted by Gasteiger charge is -2.41. The van der Waals surface area contributed by atoms with Gasteiger partial charge in [0.15, 0.2) is 5.82 Å². The molecule has 1 N–H and O–H groups in total. The van der Waals surface area contributed by atoms with E-state index in [4.69, 9.17) is 4.52 Å². The van der Waals surface area contributed by atoms with Crippen molar-refractivity contribution >= 4 is 5.69 Å². The molecule has 1 aliphatic heterocycles. The van der Waals surface area contributed by atoms with Crippen LogP contribution >= 0.6 is 0 Å². The van der Waals surface area contributed by atoms with Gasteiger partial charge in [0.05, 0.1) is 18.6 Å². The molecule has 0 spiro atoms. The van der Waals surface area contributed by atoms with Gasteiger partial charge in [0.25, 0.3) is 5.89 Å². The quantitative estimate of drug-likeness (QED) is 0.786. The van der Waals surface area contributed by atoms with Crippen molar-refractivity contribution in [3.05, 3.63) is 48.2 Å². The normalized spacial score (nSPS) is 19.2. The van der Waals surface area contributed by atoms with Crippen molar-refractivity contribution in [1.82, 2.24) is 19.7 Å². The van der Waals surface area contributed by atoms with E-state index in [9.17, 15) is 0 Å². The predicted molar refractivity (Wildman–Crippen MR) is 87.1 cm³/mol. The summed E-state index contributed by atoms with van der Waals surface area (Å²) >= 11 is 0. The van der Waals surface area contributed by atoms with E-state index in [-0.39, 0.29) is 11.5 Å². The summed E-state index contributed by atoms with van der Waals surface area (Å²) in [6.07, 6.45) is 3.64. The molecule has 0 saturated carbocycles. The number of imidazole rings is 1. The predicted octanol–water partition coefficient (Wildman–Crippen LogP) is 3.28. The minimum absolute atomic E-state index is 0.0128. The van der Waals surface area contributed by atoms with Crippen molar-refractivity contribution in [3.8, 4) is 11.6 Å². The van der Waals surface area contributed by atoms with E-state index in [1.54, 1.807) is 6.20 Å². The molecule has 0 amide bonds. The second-order valence-corrected chi connectivity index (χ2v) is 6.66. The monoisotopic (exact) mass is 309 g/mol. The van der Waals surface area contributed by atoms with Crippen molar-refractivity contribution in [3.63, 3.8) is 0 Å². The number of anilines is 1. The number of hydrogen-bond acceptors (Lipinski definition) is 5. The fourth-order valence-electron chi connectivity index (χ4n) is 3.34. The Kier molecular flexibility index (Phi) is 3.01. The maximum atomic E-state index is 5.36. The number of para-hydroxylation sites is 1. The van der Waals surface area contributed by atoms with Gasteiger partial charge >= 0.3 is 0 Å². The Morgan fingerprint density at radius 3 is 2.91 bits per heavy atom. The highest BCUT2D eigenvalue weighted by Gasteiger charge is 2.38. The topological polar surface area (TPSA) is 68.8 Å². The smallest absolute Gasteiger partial charge is 0.276 e. The van der Waals surface area contributed by atoms with Crippen LogP contribution in [0.3, 0.4) is 0 Å². The summed E-state index contributed by atoms with van der Waals surface area (Å²) in [5, 5.41) is 7.42. The molecule has 0 fully saturated rings. The highest BCUT2D eigenvalue weighted by atomic mass is 16.5. The first kappa shape index (κ1) is 14.0. The molecule has 0 radical (unpaired) electrons. The average Bonchev–Trinajstić information content (AvgIpc) is 3.15. The van der Waals surface area contributed by atoms with E-state index in [1.165, 1.54) is 5.56 Å².